The first-order chi connectivity index (χ1) is 14.0. The number of carbonyl (C=O) groups excluding carboxylic acids is 1. The highest BCUT2D eigenvalue weighted by molar-refractivity contribution is 7.91. The van der Waals surface area contributed by atoms with E-state index in [-0.39, 0.29) is 18.4 Å². The van der Waals surface area contributed by atoms with Crippen LogP contribution in [0.25, 0.3) is 11.3 Å². The number of sulfonamides is 1. The molecule has 5 rings (SSSR count). The summed E-state index contributed by atoms with van der Waals surface area (Å²) in [6.07, 6.45) is 2.19. The number of nitrogens with one attached hydrogen (secondary N) is 1. The number of thiazole rings is 1. The van der Waals surface area contributed by atoms with Gasteiger partial charge in [-0.1, -0.05) is 30.3 Å². The Morgan fingerprint density at radius 2 is 2.07 bits per heavy atom. The average molecular weight is 446 g/mol. The van der Waals surface area contributed by atoms with Crippen molar-refractivity contribution >= 4 is 43.7 Å². The van der Waals surface area contributed by atoms with E-state index in [0.29, 0.717) is 28.7 Å². The Kier molecular flexibility index (Phi) is 4.78. The molecule has 1 saturated heterocycles. The first-order valence-electron chi connectivity index (χ1n) is 9.45. The van der Waals surface area contributed by atoms with Crippen molar-refractivity contribution in [2.75, 3.05) is 18.4 Å². The second-order valence-electron chi connectivity index (χ2n) is 7.25. The number of carbonyl (C=O) groups is 1. The molecule has 1 unspecified atom stereocenters. The van der Waals surface area contributed by atoms with Gasteiger partial charge >= 0.3 is 0 Å². The molecule has 0 saturated carbocycles. The molecule has 0 bridgehead atoms. The molecule has 9 heteroatoms. The van der Waals surface area contributed by atoms with Gasteiger partial charge < -0.3 is 5.32 Å². The quantitative estimate of drug-likeness (QED) is 0.518. The average Bonchev–Trinajstić information content (AvgIpc) is 3.44. The number of thiophene rings is 1. The summed E-state index contributed by atoms with van der Waals surface area (Å²) in [5.41, 5.74) is 3.34. The minimum absolute atomic E-state index is 0.156. The van der Waals surface area contributed by atoms with Gasteiger partial charge in [0.2, 0.25) is 5.91 Å². The van der Waals surface area contributed by atoms with E-state index in [1.165, 1.54) is 32.5 Å². The SMILES string of the molecule is O=C(Nc1nc2c(s1)Cc1ccccc1-2)C1CCCN(S(=O)(=O)c2cccs2)C1. The minimum atomic E-state index is -3.53. The lowest BCUT2D eigenvalue weighted by atomic mass is 9.99. The summed E-state index contributed by atoms with van der Waals surface area (Å²) in [6.45, 7) is 0.659. The summed E-state index contributed by atoms with van der Waals surface area (Å²) >= 11 is 2.71. The third-order valence-corrected chi connectivity index (χ3v) is 9.60. The molecule has 2 aromatic heterocycles. The van der Waals surface area contributed by atoms with E-state index < -0.39 is 10.0 Å². The monoisotopic (exact) mass is 445 g/mol. The Bertz CT molecular complexity index is 1170. The van der Waals surface area contributed by atoms with Gasteiger partial charge in [0.05, 0.1) is 11.6 Å². The number of aromatic nitrogens is 1. The van der Waals surface area contributed by atoms with E-state index in [0.717, 1.165) is 22.6 Å². The van der Waals surface area contributed by atoms with E-state index in [4.69, 9.17) is 0 Å². The van der Waals surface area contributed by atoms with Crippen LogP contribution in [0.3, 0.4) is 0 Å². The van der Waals surface area contributed by atoms with Crippen LogP contribution in [-0.4, -0.2) is 36.7 Å². The number of piperidine rings is 1. The molecule has 1 aliphatic heterocycles. The number of nitrogens with zero attached hydrogens (tertiary/aromatic N) is 2. The molecule has 3 heterocycles. The first-order valence-corrected chi connectivity index (χ1v) is 12.6. The number of fused-ring (bicyclic) bond motifs is 3. The second-order valence-corrected chi connectivity index (χ2v) is 11.4. The van der Waals surface area contributed by atoms with E-state index >= 15 is 0 Å². The topological polar surface area (TPSA) is 79.4 Å². The molecule has 0 spiro atoms. The molecule has 1 N–H and O–H groups in total. The van der Waals surface area contributed by atoms with Gasteiger partial charge in [0.1, 0.15) is 4.21 Å². The molecule has 0 radical (unpaired) electrons. The standard InChI is InChI=1S/C20H19N3O3S3/c24-19(14-6-3-9-23(12-14)29(25,26)17-8-4-10-27-17)22-20-21-18-15-7-2-1-5-13(15)11-16(18)28-20/h1-2,4-5,7-8,10,14H,3,6,9,11-12H2,(H,21,22,24). The molecule has 1 amide bonds. The van der Waals surface area contributed by atoms with E-state index in [9.17, 15) is 13.2 Å². The van der Waals surface area contributed by atoms with E-state index in [1.807, 2.05) is 12.1 Å². The summed E-state index contributed by atoms with van der Waals surface area (Å²) in [6, 6.07) is 11.5. The highest BCUT2D eigenvalue weighted by Gasteiger charge is 2.34. The van der Waals surface area contributed by atoms with Crippen molar-refractivity contribution in [3.63, 3.8) is 0 Å². The summed E-state index contributed by atoms with van der Waals surface area (Å²) < 4.78 is 27.3. The van der Waals surface area contributed by atoms with Crippen LogP contribution < -0.4 is 5.32 Å². The van der Waals surface area contributed by atoms with Crippen molar-refractivity contribution in [3.05, 3.63) is 52.2 Å². The van der Waals surface area contributed by atoms with Gasteiger partial charge in [0.15, 0.2) is 5.13 Å². The molecule has 29 heavy (non-hydrogen) atoms. The van der Waals surface area contributed by atoms with Gasteiger partial charge in [-0.15, -0.1) is 22.7 Å². The predicted octanol–water partition coefficient (Wildman–Crippen LogP) is 3.82. The Labute approximate surface area is 177 Å². The molecular weight excluding hydrogens is 426 g/mol. The lowest BCUT2D eigenvalue weighted by molar-refractivity contribution is -0.120. The molecule has 6 nitrogen and oxygen atoms in total. The number of rotatable bonds is 4. The maximum absolute atomic E-state index is 12.8. The first kappa shape index (κ1) is 18.9. The van der Waals surface area contributed by atoms with Gasteiger partial charge in [-0.2, -0.15) is 4.31 Å². The number of anilines is 1. The highest BCUT2D eigenvalue weighted by Crippen LogP contribution is 2.41. The maximum Gasteiger partial charge on any atom is 0.252 e. The van der Waals surface area contributed by atoms with Gasteiger partial charge in [-0.25, -0.2) is 13.4 Å². The van der Waals surface area contributed by atoms with Crippen molar-refractivity contribution in [1.29, 1.82) is 0 Å². The zero-order valence-corrected chi connectivity index (χ0v) is 17.9. The Hall–Kier alpha value is -2.07. The Morgan fingerprint density at radius 3 is 2.90 bits per heavy atom. The number of amides is 1. The largest absolute Gasteiger partial charge is 0.302 e. The van der Waals surface area contributed by atoms with Crippen LogP contribution in [-0.2, 0) is 21.2 Å². The molecule has 1 fully saturated rings. The van der Waals surface area contributed by atoms with Crippen LogP contribution in [0.2, 0.25) is 0 Å². The fraction of sp³-hybridized carbons (Fsp3) is 0.300. The van der Waals surface area contributed by atoms with Gasteiger partial charge in [0.25, 0.3) is 10.0 Å². The smallest absolute Gasteiger partial charge is 0.252 e. The molecular formula is C20H19N3O3S3. The number of hydrogen-bond acceptors (Lipinski definition) is 6. The number of hydrogen-bond donors (Lipinski definition) is 1. The van der Waals surface area contributed by atoms with Crippen molar-refractivity contribution in [3.8, 4) is 11.3 Å². The summed E-state index contributed by atoms with van der Waals surface area (Å²) in [5.74, 6) is -0.527. The van der Waals surface area contributed by atoms with E-state index in [1.54, 1.807) is 17.5 Å². The van der Waals surface area contributed by atoms with Crippen molar-refractivity contribution in [2.45, 2.75) is 23.5 Å². The van der Waals surface area contributed by atoms with Crippen LogP contribution in [0.1, 0.15) is 23.3 Å². The van der Waals surface area contributed by atoms with Crippen LogP contribution in [0.4, 0.5) is 5.13 Å². The zero-order valence-electron chi connectivity index (χ0n) is 15.5. The van der Waals surface area contributed by atoms with Crippen LogP contribution in [0.15, 0.2) is 46.0 Å². The molecule has 1 atom stereocenters. The Balaban J connectivity index is 1.30. The molecule has 1 aliphatic carbocycles. The summed E-state index contributed by atoms with van der Waals surface area (Å²) in [4.78, 5) is 18.6. The van der Waals surface area contributed by atoms with Crippen molar-refractivity contribution < 1.29 is 13.2 Å². The third kappa shape index (κ3) is 3.42. The zero-order chi connectivity index (χ0) is 20.0. The van der Waals surface area contributed by atoms with Crippen LogP contribution in [0.5, 0.6) is 0 Å². The van der Waals surface area contributed by atoms with Crippen LogP contribution in [0, 0.1) is 5.92 Å². The third-order valence-electron chi connectivity index (χ3n) is 5.40. The fourth-order valence-corrected chi connectivity index (χ4v) is 7.60. The minimum Gasteiger partial charge on any atom is -0.302 e. The fourth-order valence-electron chi connectivity index (χ4n) is 3.93. The summed E-state index contributed by atoms with van der Waals surface area (Å²) in [5, 5.41) is 5.27. The van der Waals surface area contributed by atoms with Gasteiger partial charge in [-0.05, 0) is 29.9 Å². The van der Waals surface area contributed by atoms with Crippen molar-refractivity contribution in [1.82, 2.24) is 9.29 Å². The maximum atomic E-state index is 12.8. The predicted molar refractivity (Wildman–Crippen MR) is 115 cm³/mol. The Morgan fingerprint density at radius 1 is 1.21 bits per heavy atom. The van der Waals surface area contributed by atoms with E-state index in [2.05, 4.69) is 22.4 Å². The van der Waals surface area contributed by atoms with Gasteiger partial charge in [-0.3, -0.25) is 4.79 Å². The van der Waals surface area contributed by atoms with Gasteiger partial charge in [0, 0.05) is 30.0 Å². The lowest BCUT2D eigenvalue weighted by Gasteiger charge is -2.30. The van der Waals surface area contributed by atoms with Crippen LogP contribution >= 0.6 is 22.7 Å². The molecule has 3 aromatic rings. The molecule has 1 aromatic carbocycles. The normalized spacial score (nSPS) is 19.0. The highest BCUT2D eigenvalue weighted by atomic mass is 32.2. The lowest BCUT2D eigenvalue weighted by Crippen LogP contribution is -2.43. The molecule has 2 aliphatic rings. The van der Waals surface area contributed by atoms with Crippen molar-refractivity contribution in [2.24, 2.45) is 5.92 Å². The number of benzene rings is 1. The molecule has 150 valence electrons. The second kappa shape index (κ2) is 7.32. The summed E-state index contributed by atoms with van der Waals surface area (Å²) in [7, 11) is -3.53.